The minimum absolute atomic E-state index is 0.00390. The number of pyridine rings is 1. The maximum absolute atomic E-state index is 11.4. The molecule has 0 atom stereocenters. The van der Waals surface area contributed by atoms with Crippen LogP contribution in [0, 0.1) is 0 Å². The molecule has 0 saturated carbocycles. The van der Waals surface area contributed by atoms with Gasteiger partial charge in [0.05, 0.1) is 18.8 Å². The van der Waals surface area contributed by atoms with E-state index in [0.29, 0.717) is 12.5 Å². The molecular weight excluding hydrogens is 230 g/mol. The standard InChI is InChI=1S/C12H19N5O/c1-13-12(16-9-11(18)17(2)3)15-8-10-6-4-5-7-14-10/h4-7H,8-9H2,1-3H3,(H2,13,15,16). The van der Waals surface area contributed by atoms with Gasteiger partial charge in [0.2, 0.25) is 5.91 Å². The van der Waals surface area contributed by atoms with Crippen LogP contribution in [0.5, 0.6) is 0 Å². The third kappa shape index (κ3) is 4.82. The molecule has 1 heterocycles. The number of hydrogen-bond donors (Lipinski definition) is 2. The monoisotopic (exact) mass is 249 g/mol. The van der Waals surface area contributed by atoms with Gasteiger partial charge in [-0.15, -0.1) is 0 Å². The van der Waals surface area contributed by atoms with Gasteiger partial charge in [0.25, 0.3) is 0 Å². The van der Waals surface area contributed by atoms with Gasteiger partial charge in [-0.1, -0.05) is 6.07 Å². The molecule has 0 aromatic carbocycles. The average molecular weight is 249 g/mol. The van der Waals surface area contributed by atoms with Crippen LogP contribution in [0.3, 0.4) is 0 Å². The molecule has 0 aliphatic rings. The van der Waals surface area contributed by atoms with E-state index in [0.717, 1.165) is 5.69 Å². The SMILES string of the molecule is CN=C(NCC(=O)N(C)C)NCc1ccccn1. The maximum Gasteiger partial charge on any atom is 0.241 e. The molecule has 1 aromatic rings. The number of amides is 1. The summed E-state index contributed by atoms with van der Waals surface area (Å²) in [5.74, 6) is 0.576. The van der Waals surface area contributed by atoms with Crippen LogP contribution < -0.4 is 10.6 Å². The van der Waals surface area contributed by atoms with Crippen LogP contribution in [0.25, 0.3) is 0 Å². The molecule has 0 unspecified atom stereocenters. The number of nitrogens with one attached hydrogen (secondary N) is 2. The van der Waals surface area contributed by atoms with Gasteiger partial charge in [-0.2, -0.15) is 0 Å². The van der Waals surface area contributed by atoms with E-state index in [9.17, 15) is 4.79 Å². The Morgan fingerprint density at radius 3 is 2.72 bits per heavy atom. The Morgan fingerprint density at radius 2 is 2.17 bits per heavy atom. The molecular formula is C12H19N5O. The Hall–Kier alpha value is -2.11. The molecule has 1 rings (SSSR count). The molecule has 0 radical (unpaired) electrons. The van der Waals surface area contributed by atoms with Crippen molar-refractivity contribution in [3.05, 3.63) is 30.1 Å². The van der Waals surface area contributed by atoms with Crippen LogP contribution >= 0.6 is 0 Å². The molecule has 2 N–H and O–H groups in total. The lowest BCUT2D eigenvalue weighted by Gasteiger charge is -2.14. The number of carbonyl (C=O) groups excluding carboxylic acids is 1. The second-order valence-electron chi connectivity index (χ2n) is 3.89. The summed E-state index contributed by atoms with van der Waals surface area (Å²) in [6, 6.07) is 5.72. The highest BCUT2D eigenvalue weighted by molar-refractivity contribution is 5.86. The molecule has 6 heteroatoms. The molecule has 0 spiro atoms. The van der Waals surface area contributed by atoms with Crippen molar-refractivity contribution in [3.63, 3.8) is 0 Å². The van der Waals surface area contributed by atoms with Gasteiger partial charge >= 0.3 is 0 Å². The summed E-state index contributed by atoms with van der Waals surface area (Å²) in [5, 5.41) is 6.03. The van der Waals surface area contributed by atoms with E-state index < -0.39 is 0 Å². The van der Waals surface area contributed by atoms with Crippen molar-refractivity contribution in [3.8, 4) is 0 Å². The fourth-order valence-electron chi connectivity index (χ4n) is 1.22. The van der Waals surface area contributed by atoms with E-state index >= 15 is 0 Å². The molecule has 6 nitrogen and oxygen atoms in total. The quantitative estimate of drug-likeness (QED) is 0.574. The first kappa shape index (κ1) is 14.0. The van der Waals surface area contributed by atoms with Crippen LogP contribution in [0.2, 0.25) is 0 Å². The molecule has 1 amide bonds. The van der Waals surface area contributed by atoms with Gasteiger partial charge in [0, 0.05) is 27.3 Å². The van der Waals surface area contributed by atoms with E-state index in [1.807, 2.05) is 18.2 Å². The van der Waals surface area contributed by atoms with Gasteiger partial charge in [-0.05, 0) is 12.1 Å². The Kier molecular flexibility index (Phi) is 5.63. The second-order valence-corrected chi connectivity index (χ2v) is 3.89. The fraction of sp³-hybridized carbons (Fsp3) is 0.417. The summed E-state index contributed by atoms with van der Waals surface area (Å²) in [4.78, 5) is 21.2. The molecule has 1 aromatic heterocycles. The predicted molar refractivity (Wildman–Crippen MR) is 71.1 cm³/mol. The summed E-state index contributed by atoms with van der Waals surface area (Å²) < 4.78 is 0. The van der Waals surface area contributed by atoms with Crippen molar-refractivity contribution in [1.29, 1.82) is 0 Å². The zero-order valence-electron chi connectivity index (χ0n) is 11.0. The van der Waals surface area contributed by atoms with Gasteiger partial charge < -0.3 is 15.5 Å². The van der Waals surface area contributed by atoms with E-state index in [2.05, 4.69) is 20.6 Å². The smallest absolute Gasteiger partial charge is 0.241 e. The number of aromatic nitrogens is 1. The molecule has 0 fully saturated rings. The second kappa shape index (κ2) is 7.26. The van der Waals surface area contributed by atoms with E-state index in [1.54, 1.807) is 27.3 Å². The van der Waals surface area contributed by atoms with Gasteiger partial charge in [-0.3, -0.25) is 14.8 Å². The number of guanidine groups is 1. The molecule has 98 valence electrons. The number of aliphatic imine (C=N–C) groups is 1. The number of likely N-dealkylation sites (N-methyl/N-ethyl adjacent to an activating group) is 1. The van der Waals surface area contributed by atoms with Crippen LogP contribution in [0.4, 0.5) is 0 Å². The van der Waals surface area contributed by atoms with Crippen molar-refractivity contribution in [2.45, 2.75) is 6.54 Å². The number of nitrogens with zero attached hydrogens (tertiary/aromatic N) is 3. The summed E-state index contributed by atoms with van der Waals surface area (Å²) >= 11 is 0. The summed E-state index contributed by atoms with van der Waals surface area (Å²) in [5.41, 5.74) is 0.916. The van der Waals surface area contributed by atoms with Crippen LogP contribution in [-0.2, 0) is 11.3 Å². The van der Waals surface area contributed by atoms with Crippen molar-refractivity contribution >= 4 is 11.9 Å². The van der Waals surface area contributed by atoms with E-state index in [-0.39, 0.29) is 12.5 Å². The summed E-state index contributed by atoms with van der Waals surface area (Å²) in [7, 11) is 5.09. The highest BCUT2D eigenvalue weighted by Gasteiger charge is 2.05. The highest BCUT2D eigenvalue weighted by Crippen LogP contribution is 1.91. The first-order valence-corrected chi connectivity index (χ1v) is 5.68. The fourth-order valence-corrected chi connectivity index (χ4v) is 1.22. The lowest BCUT2D eigenvalue weighted by atomic mass is 10.3. The molecule has 0 aliphatic carbocycles. The van der Waals surface area contributed by atoms with Crippen LogP contribution in [0.15, 0.2) is 29.4 Å². The van der Waals surface area contributed by atoms with Crippen LogP contribution in [0.1, 0.15) is 5.69 Å². The third-order valence-corrected chi connectivity index (χ3v) is 2.29. The Morgan fingerprint density at radius 1 is 1.39 bits per heavy atom. The zero-order valence-corrected chi connectivity index (χ0v) is 11.0. The molecule has 18 heavy (non-hydrogen) atoms. The van der Waals surface area contributed by atoms with Gasteiger partial charge in [0.15, 0.2) is 5.96 Å². The van der Waals surface area contributed by atoms with Gasteiger partial charge in [0.1, 0.15) is 0 Å². The van der Waals surface area contributed by atoms with Crippen molar-refractivity contribution in [2.24, 2.45) is 4.99 Å². The summed E-state index contributed by atoms with van der Waals surface area (Å²) in [6.45, 7) is 0.783. The highest BCUT2D eigenvalue weighted by atomic mass is 16.2. The zero-order chi connectivity index (χ0) is 13.4. The first-order valence-electron chi connectivity index (χ1n) is 5.68. The topological polar surface area (TPSA) is 69.6 Å². The van der Waals surface area contributed by atoms with Gasteiger partial charge in [-0.25, -0.2) is 0 Å². The van der Waals surface area contributed by atoms with E-state index in [1.165, 1.54) is 4.90 Å². The first-order chi connectivity index (χ1) is 8.63. The normalized spacial score (nSPS) is 10.9. The third-order valence-electron chi connectivity index (χ3n) is 2.29. The molecule has 0 bridgehead atoms. The summed E-state index contributed by atoms with van der Waals surface area (Å²) in [6.07, 6.45) is 1.74. The average Bonchev–Trinajstić information content (AvgIpc) is 2.39. The largest absolute Gasteiger partial charge is 0.351 e. The van der Waals surface area contributed by atoms with E-state index in [4.69, 9.17) is 0 Å². The number of carbonyl (C=O) groups is 1. The molecule has 0 saturated heterocycles. The predicted octanol–water partition coefficient (Wildman–Crippen LogP) is -0.165. The minimum atomic E-state index is -0.00390. The Balaban J connectivity index is 2.37. The lowest BCUT2D eigenvalue weighted by Crippen LogP contribution is -2.42. The van der Waals surface area contributed by atoms with Crippen molar-refractivity contribution in [2.75, 3.05) is 27.7 Å². The number of rotatable bonds is 4. The maximum atomic E-state index is 11.4. The van der Waals surface area contributed by atoms with Crippen molar-refractivity contribution in [1.82, 2.24) is 20.5 Å². The Bertz CT molecular complexity index is 402. The van der Waals surface area contributed by atoms with Crippen LogP contribution in [-0.4, -0.2) is 49.4 Å². The number of hydrogen-bond acceptors (Lipinski definition) is 3. The Labute approximate surface area is 107 Å². The minimum Gasteiger partial charge on any atom is -0.351 e. The van der Waals surface area contributed by atoms with Crippen molar-refractivity contribution < 1.29 is 4.79 Å². The lowest BCUT2D eigenvalue weighted by molar-refractivity contribution is -0.127. The molecule has 0 aliphatic heterocycles.